The average molecular weight is 208 g/mol. The van der Waals surface area contributed by atoms with Gasteiger partial charge >= 0.3 is 0 Å². The van der Waals surface area contributed by atoms with Crippen LogP contribution in [0.4, 0.5) is 4.39 Å². The van der Waals surface area contributed by atoms with Gasteiger partial charge in [-0.3, -0.25) is 4.39 Å². The van der Waals surface area contributed by atoms with Gasteiger partial charge < -0.3 is 5.32 Å². The van der Waals surface area contributed by atoms with Gasteiger partial charge in [0.05, 0.1) is 6.67 Å². The second-order valence-electron chi connectivity index (χ2n) is 4.41. The van der Waals surface area contributed by atoms with Gasteiger partial charge in [-0.2, -0.15) is 0 Å². The van der Waals surface area contributed by atoms with Crippen LogP contribution in [-0.2, 0) is 0 Å². The van der Waals surface area contributed by atoms with Gasteiger partial charge in [0.1, 0.15) is 0 Å². The molecule has 2 rings (SSSR count). The molecule has 0 radical (unpaired) electrons. The van der Waals surface area contributed by atoms with Gasteiger partial charge in [0.15, 0.2) is 0 Å². The first-order valence-corrected chi connectivity index (χ1v) is 5.14. The number of nitrogens with one attached hydrogen (secondary N) is 1. The molecule has 1 heterocycles. The largest absolute Gasteiger partial charge is 0.316 e. The minimum absolute atomic E-state index is 0. The first-order chi connectivity index (χ1) is 5.87. The molecule has 0 aromatic rings. The number of hydrogen-bond donors (Lipinski definition) is 1. The molecule has 0 aromatic heterocycles. The molecule has 1 unspecified atom stereocenters. The number of halogens is 2. The highest BCUT2D eigenvalue weighted by Crippen LogP contribution is 2.44. The Bertz CT molecular complexity index is 157. The third kappa shape index (κ3) is 1.99. The summed E-state index contributed by atoms with van der Waals surface area (Å²) in [4.78, 5) is 0. The van der Waals surface area contributed by atoms with Crippen LogP contribution in [0, 0.1) is 11.3 Å². The molecule has 1 saturated carbocycles. The van der Waals surface area contributed by atoms with Crippen molar-refractivity contribution >= 4 is 12.4 Å². The zero-order chi connectivity index (χ0) is 8.44. The molecule has 2 fully saturated rings. The smallest absolute Gasteiger partial charge is 0.0940 e. The summed E-state index contributed by atoms with van der Waals surface area (Å²) in [7, 11) is 0. The predicted molar refractivity (Wildman–Crippen MR) is 55.1 cm³/mol. The average Bonchev–Trinajstić information content (AvgIpc) is 2.49. The molecule has 1 aliphatic carbocycles. The minimum atomic E-state index is -0.118. The molecule has 3 heteroatoms. The molecule has 1 saturated heterocycles. The van der Waals surface area contributed by atoms with E-state index in [4.69, 9.17) is 0 Å². The molecule has 1 aliphatic heterocycles. The van der Waals surface area contributed by atoms with Crippen LogP contribution >= 0.6 is 12.4 Å². The summed E-state index contributed by atoms with van der Waals surface area (Å²) in [6.45, 7) is 1.87. The van der Waals surface area contributed by atoms with E-state index in [1.54, 1.807) is 0 Å². The van der Waals surface area contributed by atoms with Gasteiger partial charge in [-0.05, 0) is 18.3 Å². The highest BCUT2D eigenvalue weighted by atomic mass is 35.5. The molecule has 1 spiro atoms. The Balaban J connectivity index is 0.000000845. The maximum Gasteiger partial charge on any atom is 0.0940 e. The fourth-order valence-electron chi connectivity index (χ4n) is 2.92. The summed E-state index contributed by atoms with van der Waals surface area (Å²) in [6.07, 6.45) is 6.51. The Kier molecular flexibility index (Phi) is 3.99. The lowest BCUT2D eigenvalue weighted by molar-refractivity contribution is 0.126. The fourth-order valence-corrected chi connectivity index (χ4v) is 2.92. The van der Waals surface area contributed by atoms with Crippen LogP contribution < -0.4 is 5.32 Å². The highest BCUT2D eigenvalue weighted by Gasteiger charge is 2.42. The second-order valence-corrected chi connectivity index (χ2v) is 4.41. The zero-order valence-corrected chi connectivity index (χ0v) is 8.84. The standard InChI is InChI=1S/C10H18FN.ClH/c11-6-9-7-12-8-10(9)4-2-1-3-5-10;/h9,12H,1-8H2;1H. The first kappa shape index (κ1) is 11.3. The van der Waals surface area contributed by atoms with Crippen molar-refractivity contribution in [2.45, 2.75) is 32.1 Å². The Labute approximate surface area is 85.9 Å². The molecule has 2 aliphatic rings. The van der Waals surface area contributed by atoms with E-state index in [9.17, 15) is 4.39 Å². The molecule has 0 amide bonds. The van der Waals surface area contributed by atoms with Crippen molar-refractivity contribution in [2.24, 2.45) is 11.3 Å². The fraction of sp³-hybridized carbons (Fsp3) is 1.00. The third-order valence-electron chi connectivity index (χ3n) is 3.77. The van der Waals surface area contributed by atoms with E-state index < -0.39 is 0 Å². The summed E-state index contributed by atoms with van der Waals surface area (Å²) in [5.41, 5.74) is 0.354. The van der Waals surface area contributed by atoms with Crippen LogP contribution in [-0.4, -0.2) is 19.8 Å². The first-order valence-electron chi connectivity index (χ1n) is 5.14. The van der Waals surface area contributed by atoms with E-state index in [2.05, 4.69) is 5.32 Å². The van der Waals surface area contributed by atoms with Crippen LogP contribution in [0.5, 0.6) is 0 Å². The lowest BCUT2D eigenvalue weighted by atomic mass is 9.68. The number of hydrogen-bond acceptors (Lipinski definition) is 1. The SMILES string of the molecule is Cl.FCC1CNCC12CCCCC2. The molecule has 1 N–H and O–H groups in total. The van der Waals surface area contributed by atoms with Crippen molar-refractivity contribution in [1.29, 1.82) is 0 Å². The second kappa shape index (κ2) is 4.61. The van der Waals surface area contributed by atoms with Gasteiger partial charge in [0.2, 0.25) is 0 Å². The topological polar surface area (TPSA) is 12.0 Å². The molecule has 78 valence electrons. The summed E-state index contributed by atoms with van der Waals surface area (Å²) in [6, 6.07) is 0. The van der Waals surface area contributed by atoms with Gasteiger partial charge in [-0.15, -0.1) is 12.4 Å². The molecular formula is C10H19ClFN. The summed E-state index contributed by atoms with van der Waals surface area (Å²) < 4.78 is 12.7. The van der Waals surface area contributed by atoms with Crippen LogP contribution in [0.25, 0.3) is 0 Å². The Hall–Kier alpha value is 0.180. The predicted octanol–water partition coefficient (Wildman–Crippen LogP) is 2.55. The Morgan fingerprint density at radius 1 is 1.23 bits per heavy atom. The lowest BCUT2D eigenvalue weighted by Gasteiger charge is -2.37. The third-order valence-corrected chi connectivity index (χ3v) is 3.77. The van der Waals surface area contributed by atoms with Gasteiger partial charge in [-0.1, -0.05) is 19.3 Å². The van der Waals surface area contributed by atoms with E-state index in [1.807, 2.05) is 0 Å². The normalized spacial score (nSPS) is 31.6. The molecular weight excluding hydrogens is 189 g/mol. The van der Waals surface area contributed by atoms with E-state index in [-0.39, 0.29) is 19.1 Å². The number of alkyl halides is 1. The highest BCUT2D eigenvalue weighted by molar-refractivity contribution is 5.85. The monoisotopic (exact) mass is 207 g/mol. The van der Waals surface area contributed by atoms with Crippen molar-refractivity contribution in [3.05, 3.63) is 0 Å². The number of rotatable bonds is 1. The zero-order valence-electron chi connectivity index (χ0n) is 8.02. The van der Waals surface area contributed by atoms with Crippen molar-refractivity contribution in [3.8, 4) is 0 Å². The molecule has 0 aromatic carbocycles. The summed E-state index contributed by atoms with van der Waals surface area (Å²) in [5.74, 6) is 0.317. The molecule has 13 heavy (non-hydrogen) atoms. The maximum atomic E-state index is 12.7. The van der Waals surface area contributed by atoms with Crippen molar-refractivity contribution in [3.63, 3.8) is 0 Å². The van der Waals surface area contributed by atoms with Gasteiger partial charge in [0, 0.05) is 19.0 Å². The Morgan fingerprint density at radius 3 is 2.54 bits per heavy atom. The maximum absolute atomic E-state index is 12.7. The summed E-state index contributed by atoms with van der Waals surface area (Å²) in [5, 5.41) is 3.34. The Morgan fingerprint density at radius 2 is 1.92 bits per heavy atom. The van der Waals surface area contributed by atoms with Crippen LogP contribution in [0.2, 0.25) is 0 Å². The van der Waals surface area contributed by atoms with Crippen molar-refractivity contribution in [2.75, 3.05) is 19.8 Å². The minimum Gasteiger partial charge on any atom is -0.316 e. The molecule has 1 nitrogen and oxygen atoms in total. The van der Waals surface area contributed by atoms with Gasteiger partial charge in [-0.25, -0.2) is 0 Å². The van der Waals surface area contributed by atoms with Crippen LogP contribution in [0.3, 0.4) is 0 Å². The van der Waals surface area contributed by atoms with E-state index in [0.29, 0.717) is 11.3 Å². The quantitative estimate of drug-likeness (QED) is 0.697. The summed E-state index contributed by atoms with van der Waals surface area (Å²) >= 11 is 0. The van der Waals surface area contributed by atoms with Crippen LogP contribution in [0.15, 0.2) is 0 Å². The van der Waals surface area contributed by atoms with E-state index >= 15 is 0 Å². The lowest BCUT2D eigenvalue weighted by Crippen LogP contribution is -2.33. The van der Waals surface area contributed by atoms with Crippen LogP contribution in [0.1, 0.15) is 32.1 Å². The van der Waals surface area contributed by atoms with Crippen molar-refractivity contribution < 1.29 is 4.39 Å². The van der Waals surface area contributed by atoms with E-state index in [0.717, 1.165) is 13.1 Å². The molecule has 0 bridgehead atoms. The van der Waals surface area contributed by atoms with Gasteiger partial charge in [0.25, 0.3) is 0 Å². The molecule has 1 atom stereocenters. The van der Waals surface area contributed by atoms with E-state index in [1.165, 1.54) is 32.1 Å². The van der Waals surface area contributed by atoms with Crippen molar-refractivity contribution in [1.82, 2.24) is 5.32 Å².